The van der Waals surface area contributed by atoms with Crippen molar-refractivity contribution in [2.45, 2.75) is 30.8 Å². The highest BCUT2D eigenvalue weighted by molar-refractivity contribution is 7.91. The Balaban J connectivity index is 1.31. The molecule has 0 amide bonds. The van der Waals surface area contributed by atoms with Gasteiger partial charge < -0.3 is 18.8 Å². The topological polar surface area (TPSA) is 110 Å². The molecule has 0 radical (unpaired) electrons. The number of pyridine rings is 1. The van der Waals surface area contributed by atoms with Crippen LogP contribution in [0.25, 0.3) is 21.8 Å². The van der Waals surface area contributed by atoms with Gasteiger partial charge in [0.05, 0.1) is 55.5 Å². The lowest BCUT2D eigenvalue weighted by Gasteiger charge is -2.19. The maximum atomic E-state index is 14.0. The summed E-state index contributed by atoms with van der Waals surface area (Å²) < 4.78 is 46.5. The summed E-state index contributed by atoms with van der Waals surface area (Å²) in [4.78, 5) is 22.8. The predicted molar refractivity (Wildman–Crippen MR) is 191 cm³/mol. The van der Waals surface area contributed by atoms with Crippen LogP contribution >= 0.6 is 11.3 Å². The molecule has 0 fully saturated rings. The number of ether oxygens (including phenoxy) is 3. The molecule has 0 aliphatic rings. The number of rotatable bonds is 14. The van der Waals surface area contributed by atoms with E-state index in [1.54, 1.807) is 43.2 Å². The van der Waals surface area contributed by atoms with Crippen molar-refractivity contribution in [1.82, 2.24) is 14.5 Å². The SMILES string of the molecule is COc1ccc(Cn2cc(-c3cc(-c4cccs4)nc(S(=O)(=O)CCC(OCc4ccccc4)c4ccccc4)n3)ccc2=O)cc1OC. The Morgan fingerprint density at radius 1 is 0.776 bits per heavy atom. The van der Waals surface area contributed by atoms with Crippen LogP contribution in [0.2, 0.25) is 0 Å². The van der Waals surface area contributed by atoms with Crippen molar-refractivity contribution >= 4 is 21.2 Å². The van der Waals surface area contributed by atoms with Gasteiger partial charge in [-0.1, -0.05) is 72.8 Å². The minimum Gasteiger partial charge on any atom is -0.493 e. The Morgan fingerprint density at radius 3 is 2.22 bits per heavy atom. The van der Waals surface area contributed by atoms with E-state index >= 15 is 0 Å². The molecule has 0 aliphatic heterocycles. The number of aromatic nitrogens is 3. The third-order valence-electron chi connectivity index (χ3n) is 7.95. The molecule has 0 N–H and O–H groups in total. The lowest BCUT2D eigenvalue weighted by atomic mass is 10.1. The van der Waals surface area contributed by atoms with E-state index in [-0.39, 0.29) is 29.4 Å². The number of hydrogen-bond acceptors (Lipinski definition) is 9. The maximum absolute atomic E-state index is 14.0. The lowest BCUT2D eigenvalue weighted by molar-refractivity contribution is 0.0376. The monoisotopic (exact) mass is 693 g/mol. The molecule has 0 saturated heterocycles. The molecule has 49 heavy (non-hydrogen) atoms. The van der Waals surface area contributed by atoms with E-state index < -0.39 is 15.9 Å². The van der Waals surface area contributed by atoms with Crippen molar-refractivity contribution in [2.24, 2.45) is 0 Å². The van der Waals surface area contributed by atoms with Gasteiger partial charge in [0, 0.05) is 17.8 Å². The average Bonchev–Trinajstić information content (AvgIpc) is 3.69. The van der Waals surface area contributed by atoms with Gasteiger partial charge in [-0.25, -0.2) is 18.4 Å². The zero-order chi connectivity index (χ0) is 34.2. The van der Waals surface area contributed by atoms with Crippen LogP contribution in [0.4, 0.5) is 0 Å². The van der Waals surface area contributed by atoms with Gasteiger partial charge in [-0.2, -0.15) is 0 Å². The molecule has 3 aromatic heterocycles. The standard InChI is InChI=1S/C38H35N3O6S2/c1-45-34-17-15-28(22-35(34)46-2)24-41-25-30(16-18-37(41)42)31-23-32(36-14-9-20-48-36)40-38(39-31)49(43,44)21-19-33(29-12-7-4-8-13-29)47-26-27-10-5-3-6-11-27/h3-18,20,22-23,25,33H,19,21,24,26H2,1-2H3. The Morgan fingerprint density at radius 2 is 1.51 bits per heavy atom. The second-order valence-electron chi connectivity index (χ2n) is 11.3. The second kappa shape index (κ2) is 15.4. The van der Waals surface area contributed by atoms with Crippen molar-refractivity contribution in [3.63, 3.8) is 0 Å². The normalized spacial score (nSPS) is 12.0. The first-order valence-electron chi connectivity index (χ1n) is 15.6. The first-order valence-corrected chi connectivity index (χ1v) is 18.1. The van der Waals surface area contributed by atoms with E-state index in [4.69, 9.17) is 14.2 Å². The van der Waals surface area contributed by atoms with E-state index in [9.17, 15) is 13.2 Å². The molecule has 0 aliphatic carbocycles. The Bertz CT molecular complexity index is 2170. The fourth-order valence-electron chi connectivity index (χ4n) is 5.38. The molecule has 250 valence electrons. The quantitative estimate of drug-likeness (QED) is 0.110. The fourth-order valence-corrected chi connectivity index (χ4v) is 7.25. The number of benzene rings is 3. The summed E-state index contributed by atoms with van der Waals surface area (Å²) >= 11 is 1.45. The number of methoxy groups -OCH3 is 2. The molecule has 3 heterocycles. The minimum absolute atomic E-state index is 0.206. The molecular weight excluding hydrogens is 659 g/mol. The van der Waals surface area contributed by atoms with Crippen LogP contribution in [-0.4, -0.2) is 42.9 Å². The van der Waals surface area contributed by atoms with Gasteiger partial charge in [0.1, 0.15) is 0 Å². The summed E-state index contributed by atoms with van der Waals surface area (Å²) in [6.07, 6.45) is 1.42. The smallest absolute Gasteiger partial charge is 0.250 e. The highest BCUT2D eigenvalue weighted by atomic mass is 32.2. The van der Waals surface area contributed by atoms with Gasteiger partial charge in [0.15, 0.2) is 11.5 Å². The zero-order valence-electron chi connectivity index (χ0n) is 27.1. The first-order chi connectivity index (χ1) is 23.8. The minimum atomic E-state index is -3.96. The van der Waals surface area contributed by atoms with E-state index in [0.717, 1.165) is 21.6 Å². The van der Waals surface area contributed by atoms with Crippen LogP contribution in [0.1, 0.15) is 29.2 Å². The maximum Gasteiger partial charge on any atom is 0.250 e. The van der Waals surface area contributed by atoms with Gasteiger partial charge in [0.25, 0.3) is 5.56 Å². The third-order valence-corrected chi connectivity index (χ3v) is 10.4. The zero-order valence-corrected chi connectivity index (χ0v) is 28.7. The molecule has 6 rings (SSSR count). The molecule has 6 aromatic rings. The molecule has 9 nitrogen and oxygen atoms in total. The van der Waals surface area contributed by atoms with E-state index in [2.05, 4.69) is 9.97 Å². The Kier molecular flexibility index (Phi) is 10.6. The molecule has 0 bridgehead atoms. The summed E-state index contributed by atoms with van der Waals surface area (Å²) in [6, 6.07) is 33.4. The number of nitrogens with zero attached hydrogens (tertiary/aromatic N) is 3. The summed E-state index contributed by atoms with van der Waals surface area (Å²) in [5.41, 5.74) is 3.93. The van der Waals surface area contributed by atoms with Crippen LogP contribution in [0.3, 0.4) is 0 Å². The van der Waals surface area contributed by atoms with Crippen LogP contribution in [0, 0.1) is 0 Å². The van der Waals surface area contributed by atoms with E-state index in [1.165, 1.54) is 17.4 Å². The first kappa shape index (κ1) is 33.8. The van der Waals surface area contributed by atoms with Crippen LogP contribution in [0.15, 0.2) is 131 Å². The molecule has 3 aromatic carbocycles. The number of hydrogen-bond donors (Lipinski definition) is 0. The Hall–Kier alpha value is -5.10. The molecule has 11 heteroatoms. The molecule has 1 unspecified atom stereocenters. The van der Waals surface area contributed by atoms with Gasteiger partial charge in [-0.05, 0) is 58.8 Å². The summed E-state index contributed by atoms with van der Waals surface area (Å²) in [5.74, 6) is 0.907. The Labute approximate surface area is 289 Å². The van der Waals surface area contributed by atoms with Crippen molar-refractivity contribution < 1.29 is 22.6 Å². The van der Waals surface area contributed by atoms with Gasteiger partial charge in [0.2, 0.25) is 15.0 Å². The van der Waals surface area contributed by atoms with Crippen molar-refractivity contribution in [1.29, 1.82) is 0 Å². The molecule has 0 spiro atoms. The highest BCUT2D eigenvalue weighted by Gasteiger charge is 2.24. The molecule has 0 saturated carbocycles. The molecular formula is C38H35N3O6S2. The number of thiophene rings is 1. The average molecular weight is 694 g/mol. The van der Waals surface area contributed by atoms with Crippen molar-refractivity contribution in [3.05, 3.63) is 148 Å². The van der Waals surface area contributed by atoms with E-state index in [0.29, 0.717) is 35.1 Å². The summed E-state index contributed by atoms with van der Waals surface area (Å²) in [5, 5.41) is 1.63. The largest absolute Gasteiger partial charge is 0.493 e. The van der Waals surface area contributed by atoms with Crippen LogP contribution in [0.5, 0.6) is 11.5 Å². The third kappa shape index (κ3) is 8.32. The predicted octanol–water partition coefficient (Wildman–Crippen LogP) is 7.22. The van der Waals surface area contributed by atoms with Crippen LogP contribution < -0.4 is 15.0 Å². The summed E-state index contributed by atoms with van der Waals surface area (Å²) in [6.45, 7) is 0.596. The van der Waals surface area contributed by atoms with Crippen molar-refractivity contribution in [2.75, 3.05) is 20.0 Å². The van der Waals surface area contributed by atoms with Gasteiger partial charge in [-0.15, -0.1) is 11.3 Å². The summed E-state index contributed by atoms with van der Waals surface area (Å²) in [7, 11) is -0.845. The van der Waals surface area contributed by atoms with E-state index in [1.807, 2.05) is 90.3 Å². The van der Waals surface area contributed by atoms with Gasteiger partial charge in [-0.3, -0.25) is 4.79 Å². The highest BCUT2D eigenvalue weighted by Crippen LogP contribution is 2.31. The molecule has 1 atom stereocenters. The lowest BCUT2D eigenvalue weighted by Crippen LogP contribution is -2.19. The van der Waals surface area contributed by atoms with Gasteiger partial charge >= 0.3 is 0 Å². The van der Waals surface area contributed by atoms with Crippen molar-refractivity contribution in [3.8, 4) is 33.3 Å². The second-order valence-corrected chi connectivity index (χ2v) is 14.2. The fraction of sp³-hybridized carbons (Fsp3) is 0.184. The van der Waals surface area contributed by atoms with Crippen LogP contribution in [-0.2, 0) is 27.7 Å². The number of sulfone groups is 1.